The van der Waals surface area contributed by atoms with E-state index in [0.29, 0.717) is 5.11 Å². The number of thiocarbonyl (C=S) groups is 1. The van der Waals surface area contributed by atoms with Crippen molar-refractivity contribution in [3.63, 3.8) is 0 Å². The number of hydrogen-bond acceptors (Lipinski definition) is 2. The Labute approximate surface area is 154 Å². The summed E-state index contributed by atoms with van der Waals surface area (Å²) in [5.41, 5.74) is 4.26. The molecule has 2 N–H and O–H groups in total. The number of nitrogens with zero attached hydrogens (tertiary/aromatic N) is 2. The average Bonchev–Trinajstić information content (AvgIpc) is 2.92. The van der Waals surface area contributed by atoms with Crippen LogP contribution < -0.4 is 10.6 Å². The quantitative estimate of drug-likeness (QED) is 0.630. The van der Waals surface area contributed by atoms with Crippen molar-refractivity contribution in [2.75, 3.05) is 5.32 Å². The topological polar surface area (TPSA) is 41.9 Å². The summed E-state index contributed by atoms with van der Waals surface area (Å²) in [5.74, 6) is 0.926. The molecular weight excluding hydrogens is 384 g/mol. The van der Waals surface area contributed by atoms with E-state index in [1.54, 1.807) is 0 Å². The van der Waals surface area contributed by atoms with Crippen molar-refractivity contribution >= 4 is 39.1 Å². The van der Waals surface area contributed by atoms with Gasteiger partial charge in [0.05, 0.1) is 17.4 Å². The summed E-state index contributed by atoms with van der Waals surface area (Å²) in [6.07, 6.45) is 0. The largest absolute Gasteiger partial charge is 0.351 e. The second-order valence-corrected chi connectivity index (χ2v) is 7.00. The monoisotopic (exact) mass is 398 g/mol. The molecule has 0 saturated carbocycles. The van der Waals surface area contributed by atoms with Gasteiger partial charge in [0.2, 0.25) is 0 Å². The van der Waals surface area contributed by atoms with Crippen LogP contribution in [0.25, 0.3) is 5.69 Å². The minimum atomic E-state index is -0.0145. The third-order valence-electron chi connectivity index (χ3n) is 4.11. The Bertz CT molecular complexity index is 903. The minimum Gasteiger partial charge on any atom is -0.351 e. The number of hydrogen-bond donors (Lipinski definition) is 2. The van der Waals surface area contributed by atoms with Gasteiger partial charge in [-0.25, -0.2) is 4.68 Å². The number of benzene rings is 2. The lowest BCUT2D eigenvalue weighted by Crippen LogP contribution is -2.38. The first-order valence-corrected chi connectivity index (χ1v) is 8.81. The molecule has 0 radical (unpaired) electrons. The fraction of sp³-hybridized carbons (Fsp3) is 0.111. The maximum Gasteiger partial charge on any atom is 0.172 e. The van der Waals surface area contributed by atoms with E-state index in [1.807, 2.05) is 54.1 Å². The number of rotatable bonds is 2. The molecule has 0 bridgehead atoms. The molecule has 120 valence electrons. The van der Waals surface area contributed by atoms with Crippen molar-refractivity contribution in [2.24, 2.45) is 0 Å². The zero-order valence-electron chi connectivity index (χ0n) is 13.0. The molecule has 1 aromatic heterocycles. The normalized spacial score (nSPS) is 16.2. The van der Waals surface area contributed by atoms with Gasteiger partial charge in [0.1, 0.15) is 5.82 Å². The van der Waals surface area contributed by atoms with Gasteiger partial charge in [-0.05, 0) is 49.0 Å². The van der Waals surface area contributed by atoms with Crippen LogP contribution in [0.15, 0.2) is 59.1 Å². The van der Waals surface area contributed by atoms with Crippen LogP contribution in [0.4, 0.5) is 5.82 Å². The number of fused-ring (bicyclic) bond motifs is 1. The van der Waals surface area contributed by atoms with Gasteiger partial charge in [0.25, 0.3) is 0 Å². The van der Waals surface area contributed by atoms with Gasteiger partial charge in [-0.2, -0.15) is 5.10 Å². The Morgan fingerprint density at radius 2 is 1.79 bits per heavy atom. The maximum atomic E-state index is 5.43. The van der Waals surface area contributed by atoms with Crippen molar-refractivity contribution in [1.29, 1.82) is 0 Å². The number of anilines is 1. The molecule has 2 aromatic carbocycles. The SMILES string of the molecule is Cc1nn(-c2ccccc2)c2c1C(c1ccc(Br)cc1)NC(=S)N2. The molecule has 4 nitrogen and oxygen atoms in total. The first-order valence-electron chi connectivity index (χ1n) is 7.61. The zero-order valence-corrected chi connectivity index (χ0v) is 15.4. The lowest BCUT2D eigenvalue weighted by molar-refractivity contribution is 0.751. The molecule has 0 amide bonds. The minimum absolute atomic E-state index is 0.0145. The Hall–Kier alpha value is -2.18. The van der Waals surface area contributed by atoms with E-state index in [9.17, 15) is 0 Å². The summed E-state index contributed by atoms with van der Waals surface area (Å²) in [5, 5.41) is 12.0. The molecule has 1 aliphatic heterocycles. The van der Waals surface area contributed by atoms with E-state index in [4.69, 9.17) is 17.3 Å². The number of halogens is 1. The Morgan fingerprint density at radius 3 is 2.50 bits per heavy atom. The molecule has 3 aromatic rings. The Kier molecular flexibility index (Phi) is 3.86. The lowest BCUT2D eigenvalue weighted by atomic mass is 9.97. The summed E-state index contributed by atoms with van der Waals surface area (Å²) in [6.45, 7) is 2.03. The number of aromatic nitrogens is 2. The maximum absolute atomic E-state index is 5.43. The van der Waals surface area contributed by atoms with Crippen molar-refractivity contribution in [3.8, 4) is 5.69 Å². The fourth-order valence-electron chi connectivity index (χ4n) is 3.01. The van der Waals surface area contributed by atoms with Crippen molar-refractivity contribution in [2.45, 2.75) is 13.0 Å². The molecule has 1 aliphatic rings. The highest BCUT2D eigenvalue weighted by Crippen LogP contribution is 2.36. The van der Waals surface area contributed by atoms with Gasteiger partial charge < -0.3 is 10.6 Å². The molecule has 24 heavy (non-hydrogen) atoms. The van der Waals surface area contributed by atoms with Crippen LogP contribution >= 0.6 is 28.1 Å². The molecule has 2 heterocycles. The Morgan fingerprint density at radius 1 is 1.08 bits per heavy atom. The van der Waals surface area contributed by atoms with Crippen molar-refractivity contribution in [1.82, 2.24) is 15.1 Å². The molecule has 1 atom stereocenters. The first-order chi connectivity index (χ1) is 11.6. The molecule has 6 heteroatoms. The van der Waals surface area contributed by atoms with Gasteiger partial charge in [-0.3, -0.25) is 0 Å². The molecule has 0 aliphatic carbocycles. The predicted octanol–water partition coefficient (Wildman–Crippen LogP) is 4.33. The highest BCUT2D eigenvalue weighted by Gasteiger charge is 2.30. The van der Waals surface area contributed by atoms with E-state index in [-0.39, 0.29) is 6.04 Å². The lowest BCUT2D eigenvalue weighted by Gasteiger charge is -2.28. The molecule has 0 saturated heterocycles. The highest BCUT2D eigenvalue weighted by molar-refractivity contribution is 9.10. The summed E-state index contributed by atoms with van der Waals surface area (Å²) < 4.78 is 2.98. The zero-order chi connectivity index (χ0) is 16.7. The standard InChI is InChI=1S/C18H15BrN4S/c1-11-15-16(12-7-9-13(19)10-8-12)20-18(24)21-17(15)23(22-11)14-5-3-2-4-6-14/h2-10,16H,1H3,(H2,20,21,24). The van der Waals surface area contributed by atoms with Gasteiger partial charge in [-0.15, -0.1) is 0 Å². The molecule has 0 spiro atoms. The second-order valence-electron chi connectivity index (χ2n) is 5.68. The molecule has 4 rings (SSSR count). The highest BCUT2D eigenvalue weighted by atomic mass is 79.9. The average molecular weight is 399 g/mol. The molecule has 0 fully saturated rings. The van der Waals surface area contributed by atoms with Crippen LogP contribution in [-0.4, -0.2) is 14.9 Å². The van der Waals surface area contributed by atoms with E-state index < -0.39 is 0 Å². The van der Waals surface area contributed by atoms with E-state index in [0.717, 1.165) is 32.8 Å². The summed E-state index contributed by atoms with van der Waals surface area (Å²) in [6, 6.07) is 18.3. The summed E-state index contributed by atoms with van der Waals surface area (Å²) >= 11 is 8.92. The van der Waals surface area contributed by atoms with Crippen molar-refractivity contribution in [3.05, 3.63) is 75.9 Å². The first kappa shape index (κ1) is 15.4. The third kappa shape index (κ3) is 2.61. The van der Waals surface area contributed by atoms with E-state index in [2.05, 4.69) is 38.7 Å². The van der Waals surface area contributed by atoms with Crippen LogP contribution in [0.1, 0.15) is 22.9 Å². The van der Waals surface area contributed by atoms with Gasteiger partial charge >= 0.3 is 0 Å². The number of aryl methyl sites for hydroxylation is 1. The summed E-state index contributed by atoms with van der Waals surface area (Å²) in [7, 11) is 0. The van der Waals surface area contributed by atoms with Crippen LogP contribution in [0.2, 0.25) is 0 Å². The van der Waals surface area contributed by atoms with Crippen LogP contribution in [0, 0.1) is 6.92 Å². The Balaban J connectivity index is 1.87. The number of nitrogens with one attached hydrogen (secondary N) is 2. The summed E-state index contributed by atoms with van der Waals surface area (Å²) in [4.78, 5) is 0. The smallest absolute Gasteiger partial charge is 0.172 e. The van der Waals surface area contributed by atoms with Crippen LogP contribution in [0.5, 0.6) is 0 Å². The van der Waals surface area contributed by atoms with Crippen LogP contribution in [0.3, 0.4) is 0 Å². The van der Waals surface area contributed by atoms with E-state index in [1.165, 1.54) is 0 Å². The van der Waals surface area contributed by atoms with Crippen molar-refractivity contribution < 1.29 is 0 Å². The van der Waals surface area contributed by atoms with Gasteiger partial charge in [0.15, 0.2) is 5.11 Å². The fourth-order valence-corrected chi connectivity index (χ4v) is 3.49. The second kappa shape index (κ2) is 6.03. The number of para-hydroxylation sites is 1. The van der Waals surface area contributed by atoms with Crippen LogP contribution in [-0.2, 0) is 0 Å². The third-order valence-corrected chi connectivity index (χ3v) is 4.86. The molecular formula is C18H15BrN4S. The van der Waals surface area contributed by atoms with Gasteiger partial charge in [-0.1, -0.05) is 46.3 Å². The predicted molar refractivity (Wildman–Crippen MR) is 104 cm³/mol. The van der Waals surface area contributed by atoms with Gasteiger partial charge in [0, 0.05) is 10.0 Å². The van der Waals surface area contributed by atoms with E-state index >= 15 is 0 Å². The molecule has 1 unspecified atom stereocenters.